The normalized spacial score (nSPS) is 25.4. The topological polar surface area (TPSA) is 115 Å². The number of piperazine rings is 1. The first-order valence-corrected chi connectivity index (χ1v) is 16.1. The first-order chi connectivity index (χ1) is 20.5. The molecule has 9 nitrogen and oxygen atoms in total. The van der Waals surface area contributed by atoms with Gasteiger partial charge in [-0.15, -0.1) is 0 Å². The van der Waals surface area contributed by atoms with E-state index >= 15 is 0 Å². The predicted molar refractivity (Wildman–Crippen MR) is 167 cm³/mol. The molecule has 4 heterocycles. The average molecular weight is 593 g/mol. The standard InChI is InChI=1S/C32H45ClN8O/c33-26-3-1-24(2-4-26)28(10-16-40-17-19-41(20-18-40)21-23-7-13-35-14-8-23)39-31(42)32(34)11-5-25(6-12-32)29-27-9-15-36-30(27)38-22-37-29/h1-4,9,15,22-23,25,28,35H,5-8,10-14,16-21,34H2,(H,39,42)(H,36,37,38)/t25?,28-,32?/m0/s1. The van der Waals surface area contributed by atoms with Crippen LogP contribution in [-0.2, 0) is 4.79 Å². The molecule has 0 unspecified atom stereocenters. The van der Waals surface area contributed by atoms with E-state index in [9.17, 15) is 4.79 Å². The summed E-state index contributed by atoms with van der Waals surface area (Å²) in [5.74, 6) is 1.05. The molecule has 2 aliphatic heterocycles. The molecule has 42 heavy (non-hydrogen) atoms. The van der Waals surface area contributed by atoms with E-state index in [1.54, 1.807) is 6.33 Å². The largest absolute Gasteiger partial charge is 0.348 e. The molecule has 1 atom stereocenters. The number of aromatic amines is 1. The van der Waals surface area contributed by atoms with E-state index in [2.05, 4.69) is 35.4 Å². The van der Waals surface area contributed by atoms with Crippen molar-refractivity contribution in [2.75, 3.05) is 52.4 Å². The van der Waals surface area contributed by atoms with E-state index in [0.29, 0.717) is 17.9 Å². The molecule has 0 spiro atoms. The number of nitrogens with one attached hydrogen (secondary N) is 3. The summed E-state index contributed by atoms with van der Waals surface area (Å²) >= 11 is 6.21. The third-order valence-electron chi connectivity index (χ3n) is 9.85. The van der Waals surface area contributed by atoms with Crippen molar-refractivity contribution in [2.45, 2.75) is 62.4 Å². The predicted octanol–water partition coefficient (Wildman–Crippen LogP) is 3.83. The number of H-pyrrole nitrogens is 1. The highest BCUT2D eigenvalue weighted by molar-refractivity contribution is 6.30. The lowest BCUT2D eigenvalue weighted by atomic mass is 9.75. The Hall–Kier alpha value is -2.56. The van der Waals surface area contributed by atoms with Gasteiger partial charge in [-0.25, -0.2) is 9.97 Å². The Labute approximate surface area is 254 Å². The van der Waals surface area contributed by atoms with Crippen LogP contribution >= 0.6 is 11.6 Å². The lowest BCUT2D eigenvalue weighted by Gasteiger charge is -2.38. The second-order valence-electron chi connectivity index (χ2n) is 12.6. The van der Waals surface area contributed by atoms with Gasteiger partial charge in [-0.3, -0.25) is 4.79 Å². The summed E-state index contributed by atoms with van der Waals surface area (Å²) in [5.41, 5.74) is 8.93. The van der Waals surface area contributed by atoms with Gasteiger partial charge in [0.25, 0.3) is 0 Å². The fourth-order valence-electron chi connectivity index (χ4n) is 7.11. The van der Waals surface area contributed by atoms with E-state index in [-0.39, 0.29) is 17.9 Å². The van der Waals surface area contributed by atoms with E-state index in [1.165, 1.54) is 19.4 Å². The second kappa shape index (κ2) is 13.4. The van der Waals surface area contributed by atoms with Crippen molar-refractivity contribution >= 4 is 28.5 Å². The van der Waals surface area contributed by atoms with E-state index < -0.39 is 5.54 Å². The summed E-state index contributed by atoms with van der Waals surface area (Å²) in [4.78, 5) is 31.0. The Morgan fingerprint density at radius 1 is 1.02 bits per heavy atom. The van der Waals surface area contributed by atoms with E-state index in [4.69, 9.17) is 17.3 Å². The molecular formula is C32H45ClN8O. The fraction of sp³-hybridized carbons (Fsp3) is 0.594. The molecule has 3 fully saturated rings. The lowest BCUT2D eigenvalue weighted by molar-refractivity contribution is -0.128. The van der Waals surface area contributed by atoms with Crippen molar-refractivity contribution in [1.29, 1.82) is 0 Å². The molecule has 10 heteroatoms. The number of carbonyl (C=O) groups is 1. The van der Waals surface area contributed by atoms with Crippen molar-refractivity contribution in [3.8, 4) is 0 Å². The van der Waals surface area contributed by atoms with E-state index in [1.807, 2.05) is 36.5 Å². The highest BCUT2D eigenvalue weighted by Gasteiger charge is 2.40. The maximum absolute atomic E-state index is 13.8. The summed E-state index contributed by atoms with van der Waals surface area (Å²) in [6, 6.07) is 9.79. The minimum absolute atomic E-state index is 0.0535. The van der Waals surface area contributed by atoms with Crippen LogP contribution in [0.4, 0.5) is 0 Å². The molecule has 1 amide bonds. The number of rotatable bonds is 9. The minimum atomic E-state index is -0.883. The molecule has 1 aromatic carbocycles. The number of fused-ring (bicyclic) bond motifs is 1. The highest BCUT2D eigenvalue weighted by atomic mass is 35.5. The second-order valence-corrected chi connectivity index (χ2v) is 13.1. The van der Waals surface area contributed by atoms with Crippen LogP contribution < -0.4 is 16.4 Å². The zero-order valence-corrected chi connectivity index (χ0v) is 25.3. The Morgan fingerprint density at radius 2 is 1.74 bits per heavy atom. The maximum atomic E-state index is 13.8. The fourth-order valence-corrected chi connectivity index (χ4v) is 7.23. The van der Waals surface area contributed by atoms with Gasteiger partial charge in [0, 0.05) is 61.8 Å². The van der Waals surface area contributed by atoms with Crippen molar-refractivity contribution < 1.29 is 4.79 Å². The molecule has 2 aromatic heterocycles. The van der Waals surface area contributed by atoms with Crippen LogP contribution in [0.2, 0.25) is 5.02 Å². The van der Waals surface area contributed by atoms with Crippen LogP contribution in [0.3, 0.4) is 0 Å². The Kier molecular flexibility index (Phi) is 9.41. The van der Waals surface area contributed by atoms with Crippen LogP contribution in [0.25, 0.3) is 11.0 Å². The summed E-state index contributed by atoms with van der Waals surface area (Å²) < 4.78 is 0. The van der Waals surface area contributed by atoms with Gasteiger partial charge in [-0.2, -0.15) is 0 Å². The third kappa shape index (κ3) is 6.97. The number of halogens is 1. The van der Waals surface area contributed by atoms with Gasteiger partial charge < -0.3 is 31.2 Å². The molecule has 3 aromatic rings. The third-order valence-corrected chi connectivity index (χ3v) is 10.1. The van der Waals surface area contributed by atoms with Gasteiger partial charge in [0.05, 0.1) is 17.3 Å². The van der Waals surface area contributed by atoms with Gasteiger partial charge in [0.2, 0.25) is 5.91 Å². The van der Waals surface area contributed by atoms with Gasteiger partial charge in [-0.1, -0.05) is 23.7 Å². The zero-order chi connectivity index (χ0) is 28.9. The molecule has 226 valence electrons. The molecule has 1 aliphatic carbocycles. The van der Waals surface area contributed by atoms with Crippen molar-refractivity contribution in [1.82, 2.24) is 35.4 Å². The Balaban J connectivity index is 1.04. The monoisotopic (exact) mass is 592 g/mol. The molecule has 5 N–H and O–H groups in total. The summed E-state index contributed by atoms with van der Waals surface area (Å²) in [7, 11) is 0. The average Bonchev–Trinajstić information content (AvgIpc) is 3.51. The number of hydrogen-bond donors (Lipinski definition) is 4. The number of piperidine rings is 1. The highest BCUT2D eigenvalue weighted by Crippen LogP contribution is 2.38. The zero-order valence-electron chi connectivity index (χ0n) is 24.5. The van der Waals surface area contributed by atoms with Gasteiger partial charge in [0.15, 0.2) is 0 Å². The van der Waals surface area contributed by atoms with Crippen LogP contribution in [0, 0.1) is 5.92 Å². The minimum Gasteiger partial charge on any atom is -0.348 e. The summed E-state index contributed by atoms with van der Waals surface area (Å²) in [5, 5.41) is 8.60. The van der Waals surface area contributed by atoms with Crippen molar-refractivity contribution in [3.05, 3.63) is 59.1 Å². The number of benzene rings is 1. The molecule has 2 saturated heterocycles. The SMILES string of the molecule is NC1(C(=O)N[C@@H](CCN2CCN(CC3CCNCC3)CC2)c2ccc(Cl)cc2)CCC(c2ncnc3[nH]ccc23)CC1. The molecule has 6 rings (SSSR count). The van der Waals surface area contributed by atoms with Crippen molar-refractivity contribution in [3.63, 3.8) is 0 Å². The quantitative estimate of drug-likeness (QED) is 0.298. The number of amides is 1. The van der Waals surface area contributed by atoms with Crippen molar-refractivity contribution in [2.24, 2.45) is 11.7 Å². The van der Waals surface area contributed by atoms with Crippen LogP contribution in [0.5, 0.6) is 0 Å². The molecule has 0 bridgehead atoms. The van der Waals surface area contributed by atoms with Gasteiger partial charge in [-0.05, 0) is 87.7 Å². The summed E-state index contributed by atoms with van der Waals surface area (Å²) in [6.07, 6.45) is 9.87. The van der Waals surface area contributed by atoms with Gasteiger partial charge in [0.1, 0.15) is 12.0 Å². The number of nitrogens with zero attached hydrogens (tertiary/aromatic N) is 4. The van der Waals surface area contributed by atoms with Crippen LogP contribution in [-0.4, -0.2) is 88.6 Å². The van der Waals surface area contributed by atoms with Crippen LogP contribution in [0.1, 0.15) is 68.2 Å². The number of carbonyl (C=O) groups excluding carboxylic acids is 1. The first-order valence-electron chi connectivity index (χ1n) is 15.8. The molecule has 0 radical (unpaired) electrons. The molecule has 3 aliphatic rings. The smallest absolute Gasteiger partial charge is 0.240 e. The Morgan fingerprint density at radius 3 is 2.48 bits per heavy atom. The lowest BCUT2D eigenvalue weighted by Crippen LogP contribution is -2.56. The van der Waals surface area contributed by atoms with Crippen LogP contribution in [0.15, 0.2) is 42.9 Å². The number of nitrogens with two attached hydrogens (primary N) is 1. The maximum Gasteiger partial charge on any atom is 0.240 e. The number of hydrogen-bond acceptors (Lipinski definition) is 7. The summed E-state index contributed by atoms with van der Waals surface area (Å²) in [6.45, 7) is 8.88. The van der Waals surface area contributed by atoms with E-state index in [0.717, 1.165) is 93.3 Å². The first kappa shape index (κ1) is 29.5. The Bertz CT molecular complexity index is 1310. The molecule has 1 saturated carbocycles. The number of aromatic nitrogens is 3. The van der Waals surface area contributed by atoms with Gasteiger partial charge >= 0.3 is 0 Å². The molecular weight excluding hydrogens is 548 g/mol.